The molecule has 2 fully saturated rings. The zero-order valence-electron chi connectivity index (χ0n) is 15.9. The molecular formula is C20H36N2O2. The van der Waals surface area contributed by atoms with Crippen LogP contribution in [0.1, 0.15) is 72.1 Å². The van der Waals surface area contributed by atoms with Gasteiger partial charge in [-0.1, -0.05) is 13.8 Å². The van der Waals surface area contributed by atoms with Gasteiger partial charge >= 0.3 is 0 Å². The number of carbonyl (C=O) groups is 2. The Morgan fingerprint density at radius 1 is 1.12 bits per heavy atom. The molecule has 4 nitrogen and oxygen atoms in total. The first-order valence-corrected chi connectivity index (χ1v) is 9.98. The maximum Gasteiger partial charge on any atom is 0.223 e. The number of carbonyl (C=O) groups excluding carboxylic acids is 2. The Balaban J connectivity index is 1.68. The molecule has 0 radical (unpaired) electrons. The number of likely N-dealkylation sites (tertiary alicyclic amines) is 1. The average Bonchev–Trinajstić information content (AvgIpc) is 2.57. The van der Waals surface area contributed by atoms with E-state index in [0.29, 0.717) is 11.2 Å². The van der Waals surface area contributed by atoms with Gasteiger partial charge in [0.25, 0.3) is 0 Å². The molecule has 4 heteroatoms. The van der Waals surface area contributed by atoms with Crippen molar-refractivity contribution in [2.24, 2.45) is 17.3 Å². The fraction of sp³-hybridized carbons (Fsp3) is 0.900. The summed E-state index contributed by atoms with van der Waals surface area (Å²) in [5.74, 6) is 1.08. The number of rotatable bonds is 7. The summed E-state index contributed by atoms with van der Waals surface area (Å²) in [6.07, 6.45) is 8.84. The van der Waals surface area contributed by atoms with Gasteiger partial charge in [0.1, 0.15) is 5.78 Å². The number of Topliss-reactive ketones (excluding diaryl/α,β-unsaturated/α-hetero) is 1. The van der Waals surface area contributed by atoms with Gasteiger partial charge in [-0.25, -0.2) is 0 Å². The van der Waals surface area contributed by atoms with Crippen LogP contribution < -0.4 is 5.32 Å². The number of nitrogens with one attached hydrogen (secondary N) is 1. The minimum Gasteiger partial charge on any atom is -0.356 e. The van der Waals surface area contributed by atoms with Gasteiger partial charge in [0.15, 0.2) is 0 Å². The van der Waals surface area contributed by atoms with E-state index in [-0.39, 0.29) is 17.7 Å². The largest absolute Gasteiger partial charge is 0.356 e. The van der Waals surface area contributed by atoms with Crippen LogP contribution in [0.3, 0.4) is 0 Å². The van der Waals surface area contributed by atoms with E-state index in [0.717, 1.165) is 38.8 Å². The zero-order chi connectivity index (χ0) is 17.6. The molecule has 2 aliphatic rings. The lowest BCUT2D eigenvalue weighted by Gasteiger charge is -2.45. The van der Waals surface area contributed by atoms with E-state index in [4.69, 9.17) is 0 Å². The molecule has 0 aromatic rings. The van der Waals surface area contributed by atoms with Crippen molar-refractivity contribution < 1.29 is 9.59 Å². The van der Waals surface area contributed by atoms with E-state index in [2.05, 4.69) is 10.2 Å². The first kappa shape index (κ1) is 19.4. The summed E-state index contributed by atoms with van der Waals surface area (Å²) in [7, 11) is 0. The second-order valence-electron chi connectivity index (χ2n) is 8.24. The Morgan fingerprint density at radius 2 is 1.75 bits per heavy atom. The maximum atomic E-state index is 12.0. The van der Waals surface area contributed by atoms with Crippen LogP contribution in [0.2, 0.25) is 0 Å². The minimum absolute atomic E-state index is 0.176. The predicted molar refractivity (Wildman–Crippen MR) is 97.8 cm³/mol. The molecule has 0 bridgehead atoms. The number of hydrogen-bond donors (Lipinski definition) is 1. The third-order valence-electron chi connectivity index (χ3n) is 6.23. The Kier molecular flexibility index (Phi) is 7.27. The van der Waals surface area contributed by atoms with E-state index < -0.39 is 0 Å². The number of piperidine rings is 1. The lowest BCUT2D eigenvalue weighted by Crippen LogP contribution is -2.44. The van der Waals surface area contributed by atoms with Gasteiger partial charge in [-0.05, 0) is 76.9 Å². The molecule has 1 spiro atoms. The molecule has 1 saturated heterocycles. The fourth-order valence-corrected chi connectivity index (χ4v) is 4.33. The van der Waals surface area contributed by atoms with E-state index in [1.165, 1.54) is 38.8 Å². The first-order valence-electron chi connectivity index (χ1n) is 9.98. The molecular weight excluding hydrogens is 300 g/mol. The van der Waals surface area contributed by atoms with E-state index in [1.807, 2.05) is 20.8 Å². The number of nitrogens with zero attached hydrogens (tertiary/aromatic N) is 1. The van der Waals surface area contributed by atoms with Crippen LogP contribution in [-0.4, -0.2) is 42.8 Å². The van der Waals surface area contributed by atoms with Crippen molar-refractivity contribution in [1.82, 2.24) is 10.2 Å². The van der Waals surface area contributed by atoms with Gasteiger partial charge in [-0.15, -0.1) is 0 Å². The number of amides is 1. The maximum absolute atomic E-state index is 12.0. The van der Waals surface area contributed by atoms with Crippen LogP contribution in [0.4, 0.5) is 0 Å². The standard InChI is InChI=1S/C20H36N2O2/c1-4-21-19(24)17-7-9-20(10-8-17)11-14-22(15-12-20)13-5-6-18(23)16(2)3/h16-17H,4-15H2,1-3H3,(H,21,24). The quantitative estimate of drug-likeness (QED) is 0.775. The molecule has 1 heterocycles. The topological polar surface area (TPSA) is 49.4 Å². The van der Waals surface area contributed by atoms with Crippen LogP contribution in [0, 0.1) is 17.3 Å². The highest BCUT2D eigenvalue weighted by Crippen LogP contribution is 2.46. The Hall–Kier alpha value is -0.900. The monoisotopic (exact) mass is 336 g/mol. The Morgan fingerprint density at radius 3 is 2.29 bits per heavy atom. The smallest absolute Gasteiger partial charge is 0.223 e. The van der Waals surface area contributed by atoms with Crippen molar-refractivity contribution in [2.75, 3.05) is 26.2 Å². The van der Waals surface area contributed by atoms with Crippen molar-refractivity contribution >= 4 is 11.7 Å². The van der Waals surface area contributed by atoms with E-state index in [9.17, 15) is 9.59 Å². The average molecular weight is 337 g/mol. The second kappa shape index (κ2) is 8.98. The summed E-state index contributed by atoms with van der Waals surface area (Å²) in [4.78, 5) is 26.2. The molecule has 24 heavy (non-hydrogen) atoms. The molecule has 1 aliphatic heterocycles. The summed E-state index contributed by atoms with van der Waals surface area (Å²) >= 11 is 0. The Labute approximate surface area is 147 Å². The van der Waals surface area contributed by atoms with Crippen molar-refractivity contribution in [3.05, 3.63) is 0 Å². The van der Waals surface area contributed by atoms with Gasteiger partial charge in [-0.2, -0.15) is 0 Å². The highest BCUT2D eigenvalue weighted by Gasteiger charge is 2.39. The van der Waals surface area contributed by atoms with Crippen molar-refractivity contribution in [2.45, 2.75) is 72.1 Å². The number of hydrogen-bond acceptors (Lipinski definition) is 3. The van der Waals surface area contributed by atoms with Crippen LogP contribution >= 0.6 is 0 Å². The van der Waals surface area contributed by atoms with Gasteiger partial charge in [0.05, 0.1) is 0 Å². The SMILES string of the molecule is CCNC(=O)C1CCC2(CC1)CCN(CCCC(=O)C(C)C)CC2. The van der Waals surface area contributed by atoms with Gasteiger partial charge in [-0.3, -0.25) is 9.59 Å². The third kappa shape index (κ3) is 5.30. The van der Waals surface area contributed by atoms with Crippen LogP contribution in [0.15, 0.2) is 0 Å². The predicted octanol–water partition coefficient (Wildman–Crippen LogP) is 3.40. The van der Waals surface area contributed by atoms with Crippen molar-refractivity contribution in [1.29, 1.82) is 0 Å². The summed E-state index contributed by atoms with van der Waals surface area (Å²) in [5, 5.41) is 2.98. The van der Waals surface area contributed by atoms with Gasteiger partial charge in [0.2, 0.25) is 5.91 Å². The molecule has 0 unspecified atom stereocenters. The van der Waals surface area contributed by atoms with Gasteiger partial charge < -0.3 is 10.2 Å². The first-order chi connectivity index (χ1) is 11.5. The van der Waals surface area contributed by atoms with Crippen molar-refractivity contribution in [3.8, 4) is 0 Å². The fourth-order valence-electron chi connectivity index (χ4n) is 4.33. The van der Waals surface area contributed by atoms with Gasteiger partial charge in [0, 0.05) is 24.8 Å². The molecule has 1 N–H and O–H groups in total. The molecule has 0 aromatic heterocycles. The molecule has 0 atom stereocenters. The highest BCUT2D eigenvalue weighted by molar-refractivity contribution is 5.80. The summed E-state index contributed by atoms with van der Waals surface area (Å²) < 4.78 is 0. The number of ketones is 1. The molecule has 0 aromatic carbocycles. The Bertz CT molecular complexity index is 415. The van der Waals surface area contributed by atoms with Crippen LogP contribution in [0.25, 0.3) is 0 Å². The summed E-state index contributed by atoms with van der Waals surface area (Å²) in [5.41, 5.74) is 0.493. The highest BCUT2D eigenvalue weighted by atomic mass is 16.1. The van der Waals surface area contributed by atoms with E-state index >= 15 is 0 Å². The molecule has 138 valence electrons. The molecule has 1 saturated carbocycles. The minimum atomic E-state index is 0.176. The summed E-state index contributed by atoms with van der Waals surface area (Å²) in [6, 6.07) is 0. The molecule has 2 rings (SSSR count). The van der Waals surface area contributed by atoms with Crippen LogP contribution in [-0.2, 0) is 9.59 Å². The van der Waals surface area contributed by atoms with E-state index in [1.54, 1.807) is 0 Å². The third-order valence-corrected chi connectivity index (χ3v) is 6.23. The summed E-state index contributed by atoms with van der Waals surface area (Å²) in [6.45, 7) is 10.1. The molecule has 1 amide bonds. The lowest BCUT2D eigenvalue weighted by molar-refractivity contribution is -0.127. The van der Waals surface area contributed by atoms with Crippen molar-refractivity contribution in [3.63, 3.8) is 0 Å². The van der Waals surface area contributed by atoms with Crippen LogP contribution in [0.5, 0.6) is 0 Å². The lowest BCUT2D eigenvalue weighted by atomic mass is 9.65. The normalized spacial score (nSPS) is 22.0. The second-order valence-corrected chi connectivity index (χ2v) is 8.24. The molecule has 1 aliphatic carbocycles. The zero-order valence-corrected chi connectivity index (χ0v) is 15.9.